The summed E-state index contributed by atoms with van der Waals surface area (Å²) in [6.45, 7) is 0.580. The number of benzene rings is 2. The molecule has 1 heterocycles. The van der Waals surface area contributed by atoms with Gasteiger partial charge in [-0.15, -0.1) is 0 Å². The molecular weight excluding hydrogens is 360 g/mol. The Kier molecular flexibility index (Phi) is 5.70. The molecule has 0 fully saturated rings. The van der Waals surface area contributed by atoms with Crippen LogP contribution in [0, 0.1) is 11.3 Å². The Hall–Kier alpha value is -3.36. The summed E-state index contributed by atoms with van der Waals surface area (Å²) in [5.74, 6) is -0.435. The highest BCUT2D eigenvalue weighted by Gasteiger charge is 2.14. The lowest BCUT2D eigenvalue weighted by Crippen LogP contribution is -2.19. The van der Waals surface area contributed by atoms with Crippen molar-refractivity contribution in [2.45, 2.75) is 6.54 Å². The first kappa shape index (κ1) is 18.4. The first-order valence-electron chi connectivity index (χ1n) is 8.32. The number of rotatable bonds is 5. The van der Waals surface area contributed by atoms with Crippen molar-refractivity contribution in [3.8, 4) is 17.3 Å². The number of hydrogen-bond donors (Lipinski definition) is 1. The number of carbonyl (C=O) groups excluding carboxylic acids is 1. The molecule has 0 atom stereocenters. The van der Waals surface area contributed by atoms with Crippen LogP contribution < -0.4 is 5.32 Å². The van der Waals surface area contributed by atoms with Gasteiger partial charge < -0.3 is 5.32 Å². The fraction of sp³-hybridized carbons (Fsp3) is 0.0952. The average molecular weight is 377 g/mol. The maximum Gasteiger partial charge on any atom is 0.261 e. The number of nitrogens with one attached hydrogen (secondary N) is 1. The SMILES string of the molecule is CNC(=O)/C(C#N)=C/c1cn(Cc2ccccc2)nc1-c1ccc(Cl)cc1. The Morgan fingerprint density at radius 3 is 2.56 bits per heavy atom. The number of hydrogen-bond acceptors (Lipinski definition) is 3. The van der Waals surface area contributed by atoms with Crippen LogP contribution in [0.2, 0.25) is 5.02 Å². The normalized spacial score (nSPS) is 11.1. The molecule has 2 aromatic carbocycles. The Bertz CT molecular complexity index is 1010. The highest BCUT2D eigenvalue weighted by atomic mass is 35.5. The van der Waals surface area contributed by atoms with Crippen LogP contribution in [-0.2, 0) is 11.3 Å². The van der Waals surface area contributed by atoms with E-state index < -0.39 is 5.91 Å². The topological polar surface area (TPSA) is 70.7 Å². The van der Waals surface area contributed by atoms with Crippen molar-refractivity contribution in [2.24, 2.45) is 0 Å². The van der Waals surface area contributed by atoms with Gasteiger partial charge >= 0.3 is 0 Å². The van der Waals surface area contributed by atoms with Gasteiger partial charge in [-0.2, -0.15) is 10.4 Å². The van der Waals surface area contributed by atoms with Crippen molar-refractivity contribution in [3.63, 3.8) is 0 Å². The van der Waals surface area contributed by atoms with E-state index in [0.29, 0.717) is 22.8 Å². The van der Waals surface area contributed by atoms with Crippen molar-refractivity contribution in [1.29, 1.82) is 5.26 Å². The number of carbonyl (C=O) groups is 1. The summed E-state index contributed by atoms with van der Waals surface area (Å²) in [7, 11) is 1.49. The van der Waals surface area contributed by atoms with E-state index >= 15 is 0 Å². The standard InChI is InChI=1S/C21H17ClN4O/c1-24-21(27)17(12-23)11-18-14-26(13-15-5-3-2-4-6-15)25-20(18)16-7-9-19(22)10-8-16/h2-11,14H,13H2,1H3,(H,24,27)/b17-11+. The summed E-state index contributed by atoms with van der Waals surface area (Å²) >= 11 is 5.99. The van der Waals surface area contributed by atoms with Gasteiger partial charge in [0.15, 0.2) is 0 Å². The van der Waals surface area contributed by atoms with Gasteiger partial charge in [0, 0.05) is 29.4 Å². The van der Waals surface area contributed by atoms with Crippen molar-refractivity contribution >= 4 is 23.6 Å². The van der Waals surface area contributed by atoms with Crippen molar-refractivity contribution in [2.75, 3.05) is 7.05 Å². The van der Waals surface area contributed by atoms with Gasteiger partial charge in [0.1, 0.15) is 11.6 Å². The average Bonchev–Trinajstić information content (AvgIpc) is 3.09. The van der Waals surface area contributed by atoms with Crippen molar-refractivity contribution in [3.05, 3.63) is 82.5 Å². The lowest BCUT2D eigenvalue weighted by Gasteiger charge is -2.01. The molecule has 1 aromatic heterocycles. The first-order valence-corrected chi connectivity index (χ1v) is 8.69. The lowest BCUT2D eigenvalue weighted by molar-refractivity contribution is -0.116. The molecule has 3 rings (SSSR count). The number of likely N-dealkylation sites (N-methyl/N-ethyl adjacent to an activating group) is 1. The number of nitrogens with zero attached hydrogens (tertiary/aromatic N) is 3. The third-order valence-electron chi connectivity index (χ3n) is 3.99. The fourth-order valence-corrected chi connectivity index (χ4v) is 2.79. The molecule has 0 saturated heterocycles. The molecule has 1 amide bonds. The van der Waals surface area contributed by atoms with E-state index in [4.69, 9.17) is 11.6 Å². The molecular formula is C21H17ClN4O. The van der Waals surface area contributed by atoms with E-state index in [1.165, 1.54) is 7.05 Å². The van der Waals surface area contributed by atoms with Crippen LogP contribution in [0.4, 0.5) is 0 Å². The maximum atomic E-state index is 11.9. The third-order valence-corrected chi connectivity index (χ3v) is 4.24. The van der Waals surface area contributed by atoms with Crippen molar-refractivity contribution < 1.29 is 4.79 Å². The zero-order valence-corrected chi connectivity index (χ0v) is 15.4. The van der Waals surface area contributed by atoms with Gasteiger partial charge in [0.05, 0.1) is 12.2 Å². The highest BCUT2D eigenvalue weighted by molar-refractivity contribution is 6.30. The van der Waals surface area contributed by atoms with Crippen LogP contribution in [0.25, 0.3) is 17.3 Å². The molecule has 0 radical (unpaired) electrons. The minimum atomic E-state index is -0.435. The minimum Gasteiger partial charge on any atom is -0.354 e. The van der Waals surface area contributed by atoms with Crippen LogP contribution in [-0.4, -0.2) is 22.7 Å². The fourth-order valence-electron chi connectivity index (χ4n) is 2.66. The summed E-state index contributed by atoms with van der Waals surface area (Å²) in [6, 6.07) is 19.2. The van der Waals surface area contributed by atoms with Crippen LogP contribution in [0.15, 0.2) is 66.4 Å². The minimum absolute atomic E-state index is 0.0203. The zero-order valence-electron chi connectivity index (χ0n) is 14.7. The first-order chi connectivity index (χ1) is 13.1. The molecule has 0 aliphatic carbocycles. The Labute approximate surface area is 162 Å². The monoisotopic (exact) mass is 376 g/mol. The molecule has 5 nitrogen and oxygen atoms in total. The predicted molar refractivity (Wildman–Crippen MR) is 106 cm³/mol. The number of aromatic nitrogens is 2. The van der Waals surface area contributed by atoms with Crippen LogP contribution >= 0.6 is 11.6 Å². The van der Waals surface area contributed by atoms with Gasteiger partial charge in [0.25, 0.3) is 5.91 Å². The third kappa shape index (κ3) is 4.43. The largest absolute Gasteiger partial charge is 0.354 e. The molecule has 0 saturated carbocycles. The van der Waals surface area contributed by atoms with Gasteiger partial charge in [-0.1, -0.05) is 54.1 Å². The zero-order chi connectivity index (χ0) is 19.2. The van der Waals surface area contributed by atoms with E-state index in [9.17, 15) is 10.1 Å². The van der Waals surface area contributed by atoms with Gasteiger partial charge in [-0.05, 0) is 23.8 Å². The molecule has 1 N–H and O–H groups in total. The summed E-state index contributed by atoms with van der Waals surface area (Å²) < 4.78 is 1.80. The number of halogens is 1. The molecule has 0 unspecified atom stereocenters. The summed E-state index contributed by atoms with van der Waals surface area (Å²) in [5, 5.41) is 17.1. The lowest BCUT2D eigenvalue weighted by atomic mass is 10.1. The van der Waals surface area contributed by atoms with Crippen LogP contribution in [0.3, 0.4) is 0 Å². The summed E-state index contributed by atoms with van der Waals surface area (Å²) in [4.78, 5) is 11.9. The Morgan fingerprint density at radius 2 is 1.93 bits per heavy atom. The molecule has 3 aromatic rings. The van der Waals surface area contributed by atoms with E-state index in [1.807, 2.05) is 54.7 Å². The van der Waals surface area contributed by atoms with E-state index in [0.717, 1.165) is 11.1 Å². The highest BCUT2D eigenvalue weighted by Crippen LogP contribution is 2.26. The second kappa shape index (κ2) is 8.35. The predicted octanol–water partition coefficient (Wildman–Crippen LogP) is 3.90. The molecule has 0 spiro atoms. The van der Waals surface area contributed by atoms with Gasteiger partial charge in [0.2, 0.25) is 0 Å². The van der Waals surface area contributed by atoms with Crippen molar-refractivity contribution in [1.82, 2.24) is 15.1 Å². The van der Waals surface area contributed by atoms with Gasteiger partial charge in [-0.25, -0.2) is 0 Å². The molecule has 0 aliphatic heterocycles. The molecule has 27 heavy (non-hydrogen) atoms. The number of amides is 1. The molecule has 0 bridgehead atoms. The Balaban J connectivity index is 2.06. The van der Waals surface area contributed by atoms with Crippen LogP contribution in [0.1, 0.15) is 11.1 Å². The number of nitriles is 1. The van der Waals surface area contributed by atoms with Crippen LogP contribution in [0.5, 0.6) is 0 Å². The summed E-state index contributed by atoms with van der Waals surface area (Å²) in [5.41, 5.74) is 3.34. The smallest absolute Gasteiger partial charge is 0.261 e. The molecule has 0 aliphatic rings. The maximum absolute atomic E-state index is 11.9. The quantitative estimate of drug-likeness (QED) is 0.542. The summed E-state index contributed by atoms with van der Waals surface area (Å²) in [6.07, 6.45) is 3.38. The molecule has 134 valence electrons. The second-order valence-electron chi connectivity index (χ2n) is 5.87. The van der Waals surface area contributed by atoms with E-state index in [2.05, 4.69) is 10.4 Å². The van der Waals surface area contributed by atoms with E-state index in [-0.39, 0.29) is 5.57 Å². The van der Waals surface area contributed by atoms with E-state index in [1.54, 1.807) is 22.9 Å². The second-order valence-corrected chi connectivity index (χ2v) is 6.31. The molecule has 6 heteroatoms. The van der Waals surface area contributed by atoms with Gasteiger partial charge in [-0.3, -0.25) is 9.48 Å². The Morgan fingerprint density at radius 1 is 1.22 bits per heavy atom.